The van der Waals surface area contributed by atoms with Crippen LogP contribution in [0.2, 0.25) is 0 Å². The topological polar surface area (TPSA) is 66.5 Å². The standard InChI is InChI=1S/C23H30N2O3S/c1-18-10-14-22(15-11-18)29(27,28)25-16-6-9-21(17-25)23(26)24-19(2)12-13-20-7-4-3-5-8-20/h3-5,7-8,10-11,14-15,19,21H,6,9,12-13,16-17H2,1-2H3,(H,24,26). The van der Waals surface area contributed by atoms with E-state index < -0.39 is 10.0 Å². The molecule has 2 unspecified atom stereocenters. The second-order valence-electron chi connectivity index (χ2n) is 7.95. The number of rotatable bonds is 7. The average Bonchev–Trinajstić information content (AvgIpc) is 2.73. The Balaban J connectivity index is 1.56. The fraction of sp³-hybridized carbons (Fsp3) is 0.435. The number of carbonyl (C=O) groups is 1. The molecule has 0 radical (unpaired) electrons. The predicted octanol–water partition coefficient (Wildman–Crippen LogP) is 3.53. The summed E-state index contributed by atoms with van der Waals surface area (Å²) in [5, 5.41) is 3.08. The Bertz CT molecular complexity index is 911. The van der Waals surface area contributed by atoms with Gasteiger partial charge in [0.15, 0.2) is 0 Å². The molecule has 1 aliphatic rings. The van der Waals surface area contributed by atoms with E-state index in [0.717, 1.165) is 24.8 Å². The Morgan fingerprint density at radius 1 is 1.14 bits per heavy atom. The molecule has 1 heterocycles. The van der Waals surface area contributed by atoms with E-state index in [2.05, 4.69) is 17.4 Å². The quantitative estimate of drug-likeness (QED) is 0.754. The van der Waals surface area contributed by atoms with Crippen LogP contribution in [-0.4, -0.2) is 37.8 Å². The van der Waals surface area contributed by atoms with Gasteiger partial charge in [0.05, 0.1) is 10.8 Å². The summed E-state index contributed by atoms with van der Waals surface area (Å²) in [7, 11) is -3.57. The van der Waals surface area contributed by atoms with Gasteiger partial charge in [-0.15, -0.1) is 0 Å². The highest BCUT2D eigenvalue weighted by Gasteiger charge is 2.33. The van der Waals surface area contributed by atoms with E-state index in [1.807, 2.05) is 32.0 Å². The Morgan fingerprint density at radius 3 is 2.52 bits per heavy atom. The van der Waals surface area contributed by atoms with Gasteiger partial charge in [0.2, 0.25) is 15.9 Å². The van der Waals surface area contributed by atoms with E-state index in [1.54, 1.807) is 24.3 Å². The molecule has 0 spiro atoms. The van der Waals surface area contributed by atoms with Gasteiger partial charge < -0.3 is 5.32 Å². The summed E-state index contributed by atoms with van der Waals surface area (Å²) in [6.07, 6.45) is 3.17. The smallest absolute Gasteiger partial charge is 0.243 e. The minimum absolute atomic E-state index is 0.0469. The highest BCUT2D eigenvalue weighted by molar-refractivity contribution is 7.89. The minimum atomic E-state index is -3.57. The van der Waals surface area contributed by atoms with Crippen LogP contribution in [0.1, 0.15) is 37.3 Å². The number of amides is 1. The molecule has 5 nitrogen and oxygen atoms in total. The lowest BCUT2D eigenvalue weighted by Crippen LogP contribution is -2.47. The number of nitrogens with one attached hydrogen (secondary N) is 1. The number of aryl methyl sites for hydroxylation is 2. The van der Waals surface area contributed by atoms with Gasteiger partial charge in [-0.1, -0.05) is 48.0 Å². The van der Waals surface area contributed by atoms with E-state index in [1.165, 1.54) is 9.87 Å². The van der Waals surface area contributed by atoms with Gasteiger partial charge in [0, 0.05) is 19.1 Å². The highest BCUT2D eigenvalue weighted by Crippen LogP contribution is 2.24. The molecule has 1 fully saturated rings. The van der Waals surface area contributed by atoms with Crippen molar-refractivity contribution >= 4 is 15.9 Å². The first-order chi connectivity index (χ1) is 13.9. The van der Waals surface area contributed by atoms with Gasteiger partial charge in [0.25, 0.3) is 0 Å². The second-order valence-corrected chi connectivity index (χ2v) is 9.89. The van der Waals surface area contributed by atoms with Crippen molar-refractivity contribution in [3.8, 4) is 0 Å². The second kappa shape index (κ2) is 9.55. The van der Waals surface area contributed by atoms with E-state index in [0.29, 0.717) is 17.9 Å². The normalized spacial score (nSPS) is 18.9. The molecule has 0 aromatic heterocycles. The lowest BCUT2D eigenvalue weighted by atomic mass is 9.98. The minimum Gasteiger partial charge on any atom is -0.353 e. The van der Waals surface area contributed by atoms with Crippen LogP contribution in [0.4, 0.5) is 0 Å². The maximum atomic E-state index is 12.9. The number of benzene rings is 2. The van der Waals surface area contributed by atoms with Crippen LogP contribution in [0.3, 0.4) is 0 Å². The first-order valence-corrected chi connectivity index (χ1v) is 11.7. The summed E-state index contributed by atoms with van der Waals surface area (Å²) in [4.78, 5) is 13.0. The summed E-state index contributed by atoms with van der Waals surface area (Å²) >= 11 is 0. The molecule has 1 amide bonds. The molecule has 156 valence electrons. The number of hydrogen-bond donors (Lipinski definition) is 1. The lowest BCUT2D eigenvalue weighted by Gasteiger charge is -2.32. The number of hydrogen-bond acceptors (Lipinski definition) is 3. The molecule has 6 heteroatoms. The van der Waals surface area contributed by atoms with Crippen molar-refractivity contribution in [2.24, 2.45) is 5.92 Å². The van der Waals surface area contributed by atoms with Crippen LogP contribution < -0.4 is 5.32 Å². The molecule has 0 saturated carbocycles. The van der Waals surface area contributed by atoms with E-state index >= 15 is 0 Å². The fourth-order valence-electron chi connectivity index (χ4n) is 3.69. The Morgan fingerprint density at radius 2 is 1.83 bits per heavy atom. The molecular formula is C23H30N2O3S. The highest BCUT2D eigenvalue weighted by atomic mass is 32.2. The largest absolute Gasteiger partial charge is 0.353 e. The Hall–Kier alpha value is -2.18. The van der Waals surface area contributed by atoms with Crippen molar-refractivity contribution in [3.05, 3.63) is 65.7 Å². The zero-order valence-corrected chi connectivity index (χ0v) is 18.0. The van der Waals surface area contributed by atoms with Crippen molar-refractivity contribution in [1.82, 2.24) is 9.62 Å². The third-order valence-corrected chi connectivity index (χ3v) is 7.39. The zero-order chi connectivity index (χ0) is 20.9. The number of sulfonamides is 1. The van der Waals surface area contributed by atoms with Crippen molar-refractivity contribution in [1.29, 1.82) is 0 Å². The number of carbonyl (C=O) groups excluding carboxylic acids is 1. The molecule has 0 bridgehead atoms. The van der Waals surface area contributed by atoms with Crippen LogP contribution in [0.15, 0.2) is 59.5 Å². The van der Waals surface area contributed by atoms with Gasteiger partial charge in [-0.2, -0.15) is 4.31 Å². The van der Waals surface area contributed by atoms with Gasteiger partial charge in [-0.25, -0.2) is 8.42 Å². The first kappa shape index (κ1) is 21.5. The number of nitrogens with zero attached hydrogens (tertiary/aromatic N) is 1. The molecule has 29 heavy (non-hydrogen) atoms. The molecular weight excluding hydrogens is 384 g/mol. The Kier molecular flexibility index (Phi) is 7.09. The summed E-state index contributed by atoms with van der Waals surface area (Å²) in [5.41, 5.74) is 2.27. The lowest BCUT2D eigenvalue weighted by molar-refractivity contribution is -0.126. The summed E-state index contributed by atoms with van der Waals surface area (Å²) in [5.74, 6) is -0.350. The van der Waals surface area contributed by atoms with E-state index in [4.69, 9.17) is 0 Å². The van der Waals surface area contributed by atoms with E-state index in [-0.39, 0.29) is 24.4 Å². The maximum absolute atomic E-state index is 12.9. The molecule has 1 saturated heterocycles. The number of piperidine rings is 1. The van der Waals surface area contributed by atoms with Crippen LogP contribution in [0, 0.1) is 12.8 Å². The van der Waals surface area contributed by atoms with Gasteiger partial charge in [0.1, 0.15) is 0 Å². The SMILES string of the molecule is Cc1ccc(S(=O)(=O)N2CCCC(C(=O)NC(C)CCc3ccccc3)C2)cc1. The Labute approximate surface area is 174 Å². The molecule has 1 aliphatic heterocycles. The summed E-state index contributed by atoms with van der Waals surface area (Å²) < 4.78 is 27.3. The summed E-state index contributed by atoms with van der Waals surface area (Å²) in [6.45, 7) is 4.64. The third-order valence-electron chi connectivity index (χ3n) is 5.51. The molecule has 2 aromatic rings. The van der Waals surface area contributed by atoms with Crippen molar-refractivity contribution in [3.63, 3.8) is 0 Å². The zero-order valence-electron chi connectivity index (χ0n) is 17.2. The van der Waals surface area contributed by atoms with Crippen molar-refractivity contribution < 1.29 is 13.2 Å². The molecule has 2 atom stereocenters. The molecule has 1 N–H and O–H groups in total. The third kappa shape index (κ3) is 5.67. The maximum Gasteiger partial charge on any atom is 0.243 e. The van der Waals surface area contributed by atoms with Crippen molar-refractivity contribution in [2.75, 3.05) is 13.1 Å². The van der Waals surface area contributed by atoms with Crippen LogP contribution in [0.25, 0.3) is 0 Å². The summed E-state index contributed by atoms with van der Waals surface area (Å²) in [6, 6.07) is 17.1. The molecule has 2 aromatic carbocycles. The van der Waals surface area contributed by atoms with Gasteiger partial charge >= 0.3 is 0 Å². The van der Waals surface area contributed by atoms with Gasteiger partial charge in [-0.3, -0.25) is 4.79 Å². The molecule has 3 rings (SSSR count). The fourth-order valence-corrected chi connectivity index (χ4v) is 5.22. The van der Waals surface area contributed by atoms with Crippen molar-refractivity contribution in [2.45, 2.75) is 50.5 Å². The van der Waals surface area contributed by atoms with Crippen LogP contribution >= 0.6 is 0 Å². The molecule has 0 aliphatic carbocycles. The monoisotopic (exact) mass is 414 g/mol. The van der Waals surface area contributed by atoms with Crippen LogP contribution in [0.5, 0.6) is 0 Å². The first-order valence-electron chi connectivity index (χ1n) is 10.3. The van der Waals surface area contributed by atoms with Gasteiger partial charge in [-0.05, 0) is 57.2 Å². The predicted molar refractivity (Wildman–Crippen MR) is 115 cm³/mol. The van der Waals surface area contributed by atoms with Crippen LogP contribution in [-0.2, 0) is 21.2 Å². The average molecular weight is 415 g/mol. The van der Waals surface area contributed by atoms with E-state index in [9.17, 15) is 13.2 Å².